The van der Waals surface area contributed by atoms with E-state index in [0.717, 1.165) is 18.5 Å². The SMILES string of the molecule is NC1(c2ccc(C(=O)O)cn2)CC1. The van der Waals surface area contributed by atoms with E-state index in [2.05, 4.69) is 4.98 Å². The molecule has 0 aliphatic heterocycles. The molecule has 1 aliphatic carbocycles. The maximum atomic E-state index is 10.5. The largest absolute Gasteiger partial charge is 0.478 e. The number of nitrogens with two attached hydrogens (primary N) is 1. The van der Waals surface area contributed by atoms with Gasteiger partial charge in [0.2, 0.25) is 0 Å². The molecule has 68 valence electrons. The van der Waals surface area contributed by atoms with Crippen molar-refractivity contribution < 1.29 is 9.90 Å². The summed E-state index contributed by atoms with van der Waals surface area (Å²) in [6.07, 6.45) is 3.23. The molecule has 1 fully saturated rings. The molecule has 1 aromatic heterocycles. The summed E-state index contributed by atoms with van der Waals surface area (Å²) in [5.74, 6) is -0.957. The molecule has 0 bridgehead atoms. The molecule has 0 atom stereocenters. The van der Waals surface area contributed by atoms with Crippen LogP contribution in [0.4, 0.5) is 0 Å². The van der Waals surface area contributed by atoms with Crippen molar-refractivity contribution in [1.82, 2.24) is 4.98 Å². The average molecular weight is 178 g/mol. The molecule has 0 saturated heterocycles. The molecule has 0 spiro atoms. The summed E-state index contributed by atoms with van der Waals surface area (Å²) in [6, 6.07) is 3.23. The van der Waals surface area contributed by atoms with E-state index in [1.54, 1.807) is 6.07 Å². The van der Waals surface area contributed by atoms with Gasteiger partial charge in [0.15, 0.2) is 0 Å². The minimum Gasteiger partial charge on any atom is -0.478 e. The number of aromatic carboxylic acids is 1. The van der Waals surface area contributed by atoms with E-state index >= 15 is 0 Å². The summed E-state index contributed by atoms with van der Waals surface area (Å²) in [6.45, 7) is 0. The lowest BCUT2D eigenvalue weighted by Gasteiger charge is -2.06. The molecular weight excluding hydrogens is 168 g/mol. The highest BCUT2D eigenvalue weighted by Crippen LogP contribution is 2.41. The van der Waals surface area contributed by atoms with Crippen LogP contribution in [0.3, 0.4) is 0 Å². The molecule has 0 radical (unpaired) electrons. The highest BCUT2D eigenvalue weighted by atomic mass is 16.4. The molecule has 1 aromatic rings. The zero-order valence-corrected chi connectivity index (χ0v) is 7.03. The van der Waals surface area contributed by atoms with Crippen molar-refractivity contribution in [1.29, 1.82) is 0 Å². The first-order valence-electron chi connectivity index (χ1n) is 4.10. The molecule has 13 heavy (non-hydrogen) atoms. The second-order valence-electron chi connectivity index (χ2n) is 3.39. The van der Waals surface area contributed by atoms with Gasteiger partial charge in [0, 0.05) is 6.20 Å². The number of aromatic nitrogens is 1. The number of carboxylic acids is 1. The Bertz CT molecular complexity index is 341. The Morgan fingerprint density at radius 3 is 2.62 bits per heavy atom. The van der Waals surface area contributed by atoms with Crippen LogP contribution in [0.25, 0.3) is 0 Å². The Kier molecular flexibility index (Phi) is 1.60. The van der Waals surface area contributed by atoms with Crippen LogP contribution in [0.2, 0.25) is 0 Å². The van der Waals surface area contributed by atoms with Crippen LogP contribution in [-0.4, -0.2) is 16.1 Å². The Labute approximate surface area is 75.4 Å². The fourth-order valence-electron chi connectivity index (χ4n) is 1.21. The fourth-order valence-corrected chi connectivity index (χ4v) is 1.21. The molecule has 4 nitrogen and oxygen atoms in total. The van der Waals surface area contributed by atoms with Crippen molar-refractivity contribution in [3.63, 3.8) is 0 Å². The Morgan fingerprint density at radius 1 is 1.54 bits per heavy atom. The van der Waals surface area contributed by atoms with Gasteiger partial charge >= 0.3 is 5.97 Å². The van der Waals surface area contributed by atoms with Crippen LogP contribution in [0.5, 0.6) is 0 Å². The number of carbonyl (C=O) groups is 1. The van der Waals surface area contributed by atoms with Gasteiger partial charge in [0.05, 0.1) is 16.8 Å². The predicted octanol–water partition coefficient (Wildman–Crippen LogP) is 0.728. The van der Waals surface area contributed by atoms with E-state index in [0.29, 0.717) is 0 Å². The third kappa shape index (κ3) is 1.40. The minimum atomic E-state index is -0.957. The van der Waals surface area contributed by atoms with Crippen LogP contribution in [0.15, 0.2) is 18.3 Å². The lowest BCUT2D eigenvalue weighted by atomic mass is 10.1. The average Bonchev–Trinajstić information content (AvgIpc) is 2.85. The zero-order chi connectivity index (χ0) is 9.47. The van der Waals surface area contributed by atoms with Crippen molar-refractivity contribution in [3.05, 3.63) is 29.6 Å². The quantitative estimate of drug-likeness (QED) is 0.699. The van der Waals surface area contributed by atoms with Crippen molar-refractivity contribution in [2.45, 2.75) is 18.4 Å². The highest BCUT2D eigenvalue weighted by molar-refractivity contribution is 5.87. The van der Waals surface area contributed by atoms with E-state index in [1.165, 1.54) is 12.3 Å². The van der Waals surface area contributed by atoms with Gasteiger partial charge in [-0.1, -0.05) is 0 Å². The van der Waals surface area contributed by atoms with E-state index in [4.69, 9.17) is 10.8 Å². The van der Waals surface area contributed by atoms with Crippen molar-refractivity contribution in [3.8, 4) is 0 Å². The summed E-state index contributed by atoms with van der Waals surface area (Å²) in [4.78, 5) is 14.5. The van der Waals surface area contributed by atoms with Crippen LogP contribution in [0.1, 0.15) is 28.9 Å². The summed E-state index contributed by atoms with van der Waals surface area (Å²) in [5, 5.41) is 8.62. The van der Waals surface area contributed by atoms with Crippen LogP contribution in [0, 0.1) is 0 Å². The first kappa shape index (κ1) is 8.19. The molecule has 1 heterocycles. The molecular formula is C9H10N2O2. The maximum absolute atomic E-state index is 10.5. The number of pyridine rings is 1. The number of nitrogens with zero attached hydrogens (tertiary/aromatic N) is 1. The monoisotopic (exact) mass is 178 g/mol. The van der Waals surface area contributed by atoms with E-state index in [9.17, 15) is 4.79 Å². The number of rotatable bonds is 2. The molecule has 0 unspecified atom stereocenters. The maximum Gasteiger partial charge on any atom is 0.337 e. The number of hydrogen-bond donors (Lipinski definition) is 2. The summed E-state index contributed by atoms with van der Waals surface area (Å²) >= 11 is 0. The van der Waals surface area contributed by atoms with Crippen LogP contribution >= 0.6 is 0 Å². The molecule has 0 amide bonds. The van der Waals surface area contributed by atoms with E-state index in [1.807, 2.05) is 0 Å². The normalized spacial score (nSPS) is 18.2. The lowest BCUT2D eigenvalue weighted by Crippen LogP contribution is -2.20. The van der Waals surface area contributed by atoms with E-state index < -0.39 is 5.97 Å². The van der Waals surface area contributed by atoms with Crippen molar-refractivity contribution in [2.24, 2.45) is 5.73 Å². The van der Waals surface area contributed by atoms with Gasteiger partial charge in [-0.3, -0.25) is 4.98 Å². The van der Waals surface area contributed by atoms with Gasteiger partial charge in [0.25, 0.3) is 0 Å². The third-order valence-corrected chi connectivity index (χ3v) is 2.31. The zero-order valence-electron chi connectivity index (χ0n) is 7.03. The Morgan fingerprint density at radius 2 is 2.23 bits per heavy atom. The fraction of sp³-hybridized carbons (Fsp3) is 0.333. The molecule has 2 rings (SSSR count). The predicted molar refractivity (Wildman–Crippen MR) is 46.3 cm³/mol. The molecule has 4 heteroatoms. The number of hydrogen-bond acceptors (Lipinski definition) is 3. The molecule has 1 saturated carbocycles. The standard InChI is InChI=1S/C9H10N2O2/c10-9(3-4-9)7-2-1-6(5-11-7)8(12)13/h1-2,5H,3-4,10H2,(H,12,13). The first-order chi connectivity index (χ1) is 6.12. The van der Waals surface area contributed by atoms with Gasteiger partial charge in [0.1, 0.15) is 0 Å². The number of carboxylic acid groups (broad SMARTS) is 1. The molecule has 0 aromatic carbocycles. The Hall–Kier alpha value is -1.42. The second-order valence-corrected chi connectivity index (χ2v) is 3.39. The van der Waals surface area contributed by atoms with Crippen LogP contribution < -0.4 is 5.73 Å². The van der Waals surface area contributed by atoms with E-state index in [-0.39, 0.29) is 11.1 Å². The first-order valence-corrected chi connectivity index (χ1v) is 4.10. The smallest absolute Gasteiger partial charge is 0.337 e. The Balaban J connectivity index is 2.28. The molecule has 3 N–H and O–H groups in total. The van der Waals surface area contributed by atoms with Gasteiger partial charge in [-0.25, -0.2) is 4.79 Å². The van der Waals surface area contributed by atoms with Gasteiger partial charge in [-0.05, 0) is 25.0 Å². The van der Waals surface area contributed by atoms with Gasteiger partial charge < -0.3 is 10.8 Å². The second kappa shape index (κ2) is 2.53. The summed E-state index contributed by atoms with van der Waals surface area (Å²) < 4.78 is 0. The molecule has 1 aliphatic rings. The van der Waals surface area contributed by atoms with Crippen LogP contribution in [-0.2, 0) is 5.54 Å². The summed E-state index contributed by atoms with van der Waals surface area (Å²) in [5.41, 5.74) is 6.59. The van der Waals surface area contributed by atoms with Crippen molar-refractivity contribution >= 4 is 5.97 Å². The van der Waals surface area contributed by atoms with Crippen molar-refractivity contribution in [2.75, 3.05) is 0 Å². The van der Waals surface area contributed by atoms with Gasteiger partial charge in [-0.15, -0.1) is 0 Å². The van der Waals surface area contributed by atoms with Gasteiger partial charge in [-0.2, -0.15) is 0 Å². The minimum absolute atomic E-state index is 0.202. The third-order valence-electron chi connectivity index (χ3n) is 2.31. The summed E-state index contributed by atoms with van der Waals surface area (Å²) in [7, 11) is 0. The topological polar surface area (TPSA) is 76.2 Å². The lowest BCUT2D eigenvalue weighted by molar-refractivity contribution is 0.0696. The highest BCUT2D eigenvalue weighted by Gasteiger charge is 2.41.